The van der Waals surface area contributed by atoms with Crippen molar-refractivity contribution in [1.29, 1.82) is 0 Å². The van der Waals surface area contributed by atoms with Crippen LogP contribution in [0, 0.1) is 11.7 Å². The quantitative estimate of drug-likeness (QED) is 0.947. The van der Waals surface area contributed by atoms with Crippen molar-refractivity contribution in [2.45, 2.75) is 31.8 Å². The summed E-state index contributed by atoms with van der Waals surface area (Å²) in [7, 11) is 0. The molecular formula is C17H19FN4O. The average Bonchev–Trinajstić information content (AvgIpc) is 3.29. The molecular weight excluding hydrogens is 295 g/mol. The maximum Gasteiger partial charge on any atom is 0.317 e. The van der Waals surface area contributed by atoms with Crippen molar-refractivity contribution >= 4 is 6.03 Å². The Kier molecular flexibility index (Phi) is 3.52. The van der Waals surface area contributed by atoms with Crippen LogP contribution in [0.25, 0.3) is 5.69 Å². The highest BCUT2D eigenvalue weighted by atomic mass is 19.1. The third kappa shape index (κ3) is 2.81. The molecule has 1 aliphatic carbocycles. The van der Waals surface area contributed by atoms with Gasteiger partial charge in [0.2, 0.25) is 0 Å². The molecule has 2 fully saturated rings. The van der Waals surface area contributed by atoms with Crippen molar-refractivity contribution in [2.24, 2.45) is 5.92 Å². The fraction of sp³-hybridized carbons (Fsp3) is 0.412. The van der Waals surface area contributed by atoms with E-state index in [0.717, 1.165) is 30.6 Å². The first-order chi connectivity index (χ1) is 11.2. The molecule has 120 valence electrons. The molecule has 1 aliphatic heterocycles. The largest absolute Gasteiger partial charge is 0.334 e. The second-order valence-corrected chi connectivity index (χ2v) is 6.41. The van der Waals surface area contributed by atoms with E-state index in [1.807, 2.05) is 11.1 Å². The number of hydrogen-bond acceptors (Lipinski definition) is 2. The molecule has 1 aromatic carbocycles. The average molecular weight is 314 g/mol. The zero-order valence-corrected chi connectivity index (χ0v) is 12.8. The Labute approximate surface area is 134 Å². The molecule has 1 saturated carbocycles. The molecule has 23 heavy (non-hydrogen) atoms. The number of amides is 2. The number of fused-ring (bicyclic) bond motifs is 2. The number of piperidine rings is 1. The Morgan fingerprint density at radius 2 is 2.13 bits per heavy atom. The van der Waals surface area contributed by atoms with E-state index < -0.39 is 0 Å². The molecule has 1 aromatic heterocycles. The Morgan fingerprint density at radius 1 is 1.30 bits per heavy atom. The van der Waals surface area contributed by atoms with E-state index in [-0.39, 0.29) is 11.8 Å². The Hall–Kier alpha value is -2.37. The highest BCUT2D eigenvalue weighted by Gasteiger charge is 2.40. The second-order valence-electron chi connectivity index (χ2n) is 6.41. The fourth-order valence-corrected chi connectivity index (χ4v) is 3.64. The predicted molar refractivity (Wildman–Crippen MR) is 83.6 cm³/mol. The zero-order chi connectivity index (χ0) is 15.8. The van der Waals surface area contributed by atoms with Crippen LogP contribution < -0.4 is 5.32 Å². The van der Waals surface area contributed by atoms with Gasteiger partial charge in [-0.25, -0.2) is 13.9 Å². The van der Waals surface area contributed by atoms with Crippen LogP contribution in [0.1, 0.15) is 24.8 Å². The maximum atomic E-state index is 12.9. The Balaban J connectivity index is 1.36. The van der Waals surface area contributed by atoms with Crippen molar-refractivity contribution < 1.29 is 9.18 Å². The summed E-state index contributed by atoms with van der Waals surface area (Å²) in [6.07, 6.45) is 7.14. The molecule has 1 N–H and O–H groups in total. The number of carbonyl (C=O) groups is 1. The molecule has 2 aliphatic rings. The lowest BCUT2D eigenvalue weighted by atomic mass is 10.1. The molecule has 2 aromatic rings. The van der Waals surface area contributed by atoms with Gasteiger partial charge in [0, 0.05) is 30.9 Å². The van der Waals surface area contributed by atoms with Gasteiger partial charge in [0.25, 0.3) is 0 Å². The van der Waals surface area contributed by atoms with Crippen molar-refractivity contribution in [3.63, 3.8) is 0 Å². The normalized spacial score (nSPS) is 22.6. The van der Waals surface area contributed by atoms with E-state index in [1.165, 1.54) is 18.6 Å². The van der Waals surface area contributed by atoms with Crippen LogP contribution >= 0.6 is 0 Å². The molecule has 1 saturated heterocycles. The number of aromatic nitrogens is 2. The van der Waals surface area contributed by atoms with Gasteiger partial charge in [-0.1, -0.05) is 0 Å². The van der Waals surface area contributed by atoms with Gasteiger partial charge < -0.3 is 10.2 Å². The van der Waals surface area contributed by atoms with Crippen molar-refractivity contribution in [1.82, 2.24) is 20.0 Å². The Morgan fingerprint density at radius 3 is 2.83 bits per heavy atom. The molecule has 4 rings (SSSR count). The standard InChI is InChI=1S/C17H19FN4O/c18-14-2-5-15(6-3-14)22-11-13(9-20-22)8-19-17(23)21-10-12-1-4-16(21)7-12/h2-3,5-6,9,11-12,16H,1,4,7-8,10H2,(H,19,23). The van der Waals surface area contributed by atoms with Gasteiger partial charge in [0.05, 0.1) is 11.9 Å². The number of urea groups is 1. The van der Waals surface area contributed by atoms with E-state index >= 15 is 0 Å². The summed E-state index contributed by atoms with van der Waals surface area (Å²) >= 11 is 0. The van der Waals surface area contributed by atoms with E-state index in [1.54, 1.807) is 23.0 Å². The first-order valence-electron chi connectivity index (χ1n) is 8.03. The van der Waals surface area contributed by atoms with Crippen molar-refractivity contribution in [3.8, 4) is 5.69 Å². The van der Waals surface area contributed by atoms with E-state index in [0.29, 0.717) is 18.5 Å². The van der Waals surface area contributed by atoms with Crippen molar-refractivity contribution in [3.05, 3.63) is 48.0 Å². The van der Waals surface area contributed by atoms with E-state index in [9.17, 15) is 9.18 Å². The van der Waals surface area contributed by atoms with Crippen LogP contribution in [-0.2, 0) is 6.54 Å². The number of hydrogen-bond donors (Lipinski definition) is 1. The summed E-state index contributed by atoms with van der Waals surface area (Å²) in [6, 6.07) is 6.60. The number of benzene rings is 1. The first kappa shape index (κ1) is 14.2. The van der Waals surface area contributed by atoms with Gasteiger partial charge >= 0.3 is 6.03 Å². The lowest BCUT2D eigenvalue weighted by Crippen LogP contribution is -2.43. The molecule has 2 atom stereocenters. The smallest absolute Gasteiger partial charge is 0.317 e. The number of nitrogens with zero attached hydrogens (tertiary/aromatic N) is 3. The third-order valence-electron chi connectivity index (χ3n) is 4.84. The number of likely N-dealkylation sites (tertiary alicyclic amines) is 1. The van der Waals surface area contributed by atoms with Gasteiger partial charge in [-0.3, -0.25) is 0 Å². The topological polar surface area (TPSA) is 50.2 Å². The molecule has 2 bridgehead atoms. The molecule has 2 unspecified atom stereocenters. The van der Waals surface area contributed by atoms with E-state index in [2.05, 4.69) is 10.4 Å². The summed E-state index contributed by atoms with van der Waals surface area (Å²) in [5, 5.41) is 7.23. The maximum absolute atomic E-state index is 12.9. The van der Waals surface area contributed by atoms with Gasteiger partial charge in [0.1, 0.15) is 5.82 Å². The van der Waals surface area contributed by atoms with Crippen LogP contribution in [0.3, 0.4) is 0 Å². The van der Waals surface area contributed by atoms with Crippen molar-refractivity contribution in [2.75, 3.05) is 6.54 Å². The minimum Gasteiger partial charge on any atom is -0.334 e. The monoisotopic (exact) mass is 314 g/mol. The molecule has 0 spiro atoms. The van der Waals surface area contributed by atoms with Gasteiger partial charge in [0.15, 0.2) is 0 Å². The highest BCUT2D eigenvalue weighted by molar-refractivity contribution is 5.75. The summed E-state index contributed by atoms with van der Waals surface area (Å²) < 4.78 is 14.6. The summed E-state index contributed by atoms with van der Waals surface area (Å²) in [5.74, 6) is 0.431. The number of rotatable bonds is 3. The van der Waals surface area contributed by atoms with Gasteiger partial charge in [-0.2, -0.15) is 5.10 Å². The van der Waals surface area contributed by atoms with Gasteiger partial charge in [-0.15, -0.1) is 0 Å². The second kappa shape index (κ2) is 5.68. The van der Waals surface area contributed by atoms with Crippen LogP contribution in [-0.4, -0.2) is 33.3 Å². The molecule has 2 heterocycles. The van der Waals surface area contributed by atoms with Crippen LogP contribution in [0.2, 0.25) is 0 Å². The lowest BCUT2D eigenvalue weighted by Gasteiger charge is -2.27. The number of halogens is 1. The SMILES string of the molecule is O=C(NCc1cnn(-c2ccc(F)cc2)c1)N1CC2CCC1C2. The summed E-state index contributed by atoms with van der Waals surface area (Å²) in [5.41, 5.74) is 1.72. The lowest BCUT2D eigenvalue weighted by molar-refractivity contribution is 0.180. The minimum absolute atomic E-state index is 0.0201. The van der Waals surface area contributed by atoms with Crippen LogP contribution in [0.5, 0.6) is 0 Å². The Bertz CT molecular complexity index is 712. The first-order valence-corrected chi connectivity index (χ1v) is 8.03. The predicted octanol–water partition coefficient (Wildman–Crippen LogP) is 2.71. The molecule has 2 amide bonds. The molecule has 6 heteroatoms. The summed E-state index contributed by atoms with van der Waals surface area (Å²) in [6.45, 7) is 1.35. The van der Waals surface area contributed by atoms with E-state index in [4.69, 9.17) is 0 Å². The minimum atomic E-state index is -0.270. The third-order valence-corrected chi connectivity index (χ3v) is 4.84. The summed E-state index contributed by atoms with van der Waals surface area (Å²) in [4.78, 5) is 14.2. The zero-order valence-electron chi connectivity index (χ0n) is 12.8. The van der Waals surface area contributed by atoms with Gasteiger partial charge in [-0.05, 0) is 49.4 Å². The number of nitrogens with one attached hydrogen (secondary N) is 1. The van der Waals surface area contributed by atoms with Crippen LogP contribution in [0.4, 0.5) is 9.18 Å². The highest BCUT2D eigenvalue weighted by Crippen LogP contribution is 2.37. The number of carbonyl (C=O) groups excluding carboxylic acids is 1. The fourth-order valence-electron chi connectivity index (χ4n) is 3.64. The molecule has 0 radical (unpaired) electrons. The van der Waals surface area contributed by atoms with Crippen LogP contribution in [0.15, 0.2) is 36.7 Å². The molecule has 5 nitrogen and oxygen atoms in total.